The summed E-state index contributed by atoms with van der Waals surface area (Å²) in [6.07, 6.45) is 1.36. The third-order valence-corrected chi connectivity index (χ3v) is 5.04. The number of Topliss-reactive ketones (excluding diaryl/α,β-unsaturated/α-hetero) is 1. The van der Waals surface area contributed by atoms with Crippen molar-refractivity contribution in [3.8, 4) is 0 Å². The molecule has 130 valence electrons. The number of amides is 1. The van der Waals surface area contributed by atoms with Crippen molar-refractivity contribution in [2.45, 2.75) is 19.3 Å². The van der Waals surface area contributed by atoms with Gasteiger partial charge in [0, 0.05) is 22.5 Å². The second kappa shape index (κ2) is 7.28. The first-order valence-electron chi connectivity index (χ1n) is 8.23. The smallest absolute Gasteiger partial charge is 0.406 e. The van der Waals surface area contributed by atoms with Crippen LogP contribution in [0.1, 0.15) is 27.9 Å². The van der Waals surface area contributed by atoms with Gasteiger partial charge in [-0.3, -0.25) is 4.79 Å². The van der Waals surface area contributed by atoms with Crippen LogP contribution >= 0.6 is 11.6 Å². The number of rotatable bonds is 5. The van der Waals surface area contributed by atoms with Crippen LogP contribution in [0.25, 0.3) is 0 Å². The van der Waals surface area contributed by atoms with E-state index >= 15 is 0 Å². The van der Waals surface area contributed by atoms with Crippen molar-refractivity contribution in [2.24, 2.45) is 5.41 Å². The zero-order valence-corrected chi connectivity index (χ0v) is 14.8. The molecule has 1 atom stereocenters. The van der Waals surface area contributed by atoms with E-state index < -0.39 is 11.5 Å². The zero-order chi connectivity index (χ0) is 17.9. The normalized spacial score (nSPS) is 18.7. The summed E-state index contributed by atoms with van der Waals surface area (Å²) in [6, 6.07) is 15.3. The number of fused-ring (bicyclic) bond motifs is 1. The Bertz CT molecular complexity index is 788. The quantitative estimate of drug-likeness (QED) is 0.878. The summed E-state index contributed by atoms with van der Waals surface area (Å²) in [7, 11) is 1.33. The molecule has 0 saturated carbocycles. The molecule has 0 fully saturated rings. The van der Waals surface area contributed by atoms with Gasteiger partial charge in [-0.1, -0.05) is 48.0 Å². The van der Waals surface area contributed by atoms with Crippen LogP contribution in [0, 0.1) is 5.41 Å². The molecule has 0 heterocycles. The second-order valence-corrected chi connectivity index (χ2v) is 6.85. The molecule has 1 amide bonds. The Hall–Kier alpha value is -2.33. The Morgan fingerprint density at radius 1 is 1.20 bits per heavy atom. The van der Waals surface area contributed by atoms with E-state index in [9.17, 15) is 9.59 Å². The van der Waals surface area contributed by atoms with E-state index in [0.717, 1.165) is 16.7 Å². The Morgan fingerprint density at radius 3 is 2.60 bits per heavy atom. The highest BCUT2D eigenvalue weighted by Gasteiger charge is 2.44. The number of carbonyl (C=O) groups is 2. The van der Waals surface area contributed by atoms with E-state index in [1.807, 2.05) is 48.5 Å². The summed E-state index contributed by atoms with van der Waals surface area (Å²) < 4.78 is 4.62. The lowest BCUT2D eigenvalue weighted by Gasteiger charge is -2.28. The van der Waals surface area contributed by atoms with Gasteiger partial charge in [0.1, 0.15) is 0 Å². The first-order valence-corrected chi connectivity index (χ1v) is 8.61. The third kappa shape index (κ3) is 3.69. The lowest BCUT2D eigenvalue weighted by Crippen LogP contribution is -2.36. The number of hydrogen-bond donors (Lipinski definition) is 1. The predicted molar refractivity (Wildman–Crippen MR) is 97.1 cm³/mol. The maximum absolute atomic E-state index is 13.2. The Labute approximate surface area is 152 Å². The molecule has 1 aliphatic rings. The van der Waals surface area contributed by atoms with E-state index in [1.54, 1.807) is 0 Å². The van der Waals surface area contributed by atoms with Crippen molar-refractivity contribution < 1.29 is 14.3 Å². The lowest BCUT2D eigenvalue weighted by molar-refractivity contribution is 0.0801. The predicted octanol–water partition coefficient (Wildman–Crippen LogP) is 4.05. The largest absolute Gasteiger partial charge is 0.453 e. The number of alkyl carbamates (subject to hydrolysis) is 1. The molecular weight excluding hydrogens is 338 g/mol. The number of benzene rings is 2. The molecule has 0 bridgehead atoms. The zero-order valence-electron chi connectivity index (χ0n) is 14.0. The molecule has 5 heteroatoms. The van der Waals surface area contributed by atoms with Crippen LogP contribution in [-0.2, 0) is 17.6 Å². The molecule has 2 aromatic carbocycles. The molecule has 0 saturated heterocycles. The SMILES string of the molecule is COC(=O)NCCC1(Cc2ccc(Cl)cc2)Cc2ccccc2C1=O. The number of halogens is 1. The van der Waals surface area contributed by atoms with Crippen LogP contribution < -0.4 is 5.32 Å². The molecule has 3 rings (SSSR count). The van der Waals surface area contributed by atoms with Gasteiger partial charge in [-0.2, -0.15) is 0 Å². The van der Waals surface area contributed by atoms with Gasteiger partial charge in [-0.15, -0.1) is 0 Å². The highest BCUT2D eigenvalue weighted by molar-refractivity contribution is 6.30. The number of ether oxygens (including phenoxy) is 1. The fraction of sp³-hybridized carbons (Fsp3) is 0.300. The summed E-state index contributed by atoms with van der Waals surface area (Å²) in [6.45, 7) is 0.389. The van der Waals surface area contributed by atoms with Crippen molar-refractivity contribution in [3.05, 3.63) is 70.2 Å². The average Bonchev–Trinajstić information content (AvgIpc) is 2.89. The van der Waals surface area contributed by atoms with Crippen LogP contribution in [0.3, 0.4) is 0 Å². The molecule has 25 heavy (non-hydrogen) atoms. The minimum Gasteiger partial charge on any atom is -0.453 e. The van der Waals surface area contributed by atoms with E-state index in [0.29, 0.717) is 30.8 Å². The number of ketones is 1. The summed E-state index contributed by atoms with van der Waals surface area (Å²) in [5.41, 5.74) is 2.36. The van der Waals surface area contributed by atoms with Gasteiger partial charge in [0.25, 0.3) is 0 Å². The molecular formula is C20H20ClNO3. The monoisotopic (exact) mass is 357 g/mol. The first kappa shape index (κ1) is 17.5. The number of methoxy groups -OCH3 is 1. The number of hydrogen-bond acceptors (Lipinski definition) is 3. The van der Waals surface area contributed by atoms with Gasteiger partial charge in [-0.25, -0.2) is 4.79 Å². The molecule has 4 nitrogen and oxygen atoms in total. The van der Waals surface area contributed by atoms with Gasteiger partial charge >= 0.3 is 6.09 Å². The van der Waals surface area contributed by atoms with E-state index in [2.05, 4.69) is 10.1 Å². The number of nitrogens with one attached hydrogen (secondary N) is 1. The molecule has 1 unspecified atom stereocenters. The van der Waals surface area contributed by atoms with Crippen molar-refractivity contribution in [2.75, 3.05) is 13.7 Å². The van der Waals surface area contributed by atoms with Crippen LogP contribution in [-0.4, -0.2) is 25.5 Å². The van der Waals surface area contributed by atoms with Crippen molar-refractivity contribution in [1.29, 1.82) is 0 Å². The van der Waals surface area contributed by atoms with Crippen LogP contribution in [0.15, 0.2) is 48.5 Å². The molecule has 0 aromatic heterocycles. The van der Waals surface area contributed by atoms with Gasteiger partial charge < -0.3 is 10.1 Å². The van der Waals surface area contributed by atoms with E-state index in [1.165, 1.54) is 7.11 Å². The minimum absolute atomic E-state index is 0.143. The van der Waals surface area contributed by atoms with Gasteiger partial charge in [0.2, 0.25) is 0 Å². The fourth-order valence-corrected chi connectivity index (χ4v) is 3.65. The Balaban J connectivity index is 1.85. The maximum Gasteiger partial charge on any atom is 0.406 e. The Kier molecular flexibility index (Phi) is 5.09. The highest BCUT2D eigenvalue weighted by atomic mass is 35.5. The highest BCUT2D eigenvalue weighted by Crippen LogP contribution is 2.42. The molecule has 1 N–H and O–H groups in total. The lowest BCUT2D eigenvalue weighted by atomic mass is 9.75. The average molecular weight is 358 g/mol. The van der Waals surface area contributed by atoms with Crippen LogP contribution in [0.5, 0.6) is 0 Å². The number of carbonyl (C=O) groups excluding carboxylic acids is 2. The molecule has 2 aromatic rings. The summed E-state index contributed by atoms with van der Waals surface area (Å²) >= 11 is 5.97. The van der Waals surface area contributed by atoms with Crippen molar-refractivity contribution in [3.63, 3.8) is 0 Å². The standard InChI is InChI=1S/C20H20ClNO3/c1-25-19(24)22-11-10-20(12-14-6-8-16(21)9-7-14)13-15-4-2-3-5-17(15)18(20)23/h2-9H,10-13H2,1H3,(H,22,24). The summed E-state index contributed by atoms with van der Waals surface area (Å²) in [5.74, 6) is 0.143. The van der Waals surface area contributed by atoms with Crippen molar-refractivity contribution in [1.82, 2.24) is 5.32 Å². The van der Waals surface area contributed by atoms with Crippen molar-refractivity contribution >= 4 is 23.5 Å². The fourth-order valence-electron chi connectivity index (χ4n) is 3.53. The molecule has 0 spiro atoms. The minimum atomic E-state index is -0.557. The third-order valence-electron chi connectivity index (χ3n) is 4.79. The van der Waals surface area contributed by atoms with Crippen LogP contribution in [0.2, 0.25) is 5.02 Å². The summed E-state index contributed by atoms with van der Waals surface area (Å²) in [5, 5.41) is 3.36. The summed E-state index contributed by atoms with van der Waals surface area (Å²) in [4.78, 5) is 24.5. The van der Waals surface area contributed by atoms with Gasteiger partial charge in [0.05, 0.1) is 7.11 Å². The second-order valence-electron chi connectivity index (χ2n) is 6.41. The maximum atomic E-state index is 13.2. The Morgan fingerprint density at radius 2 is 1.92 bits per heavy atom. The molecule has 0 aliphatic heterocycles. The van der Waals surface area contributed by atoms with Gasteiger partial charge in [0.15, 0.2) is 5.78 Å². The van der Waals surface area contributed by atoms with E-state index in [4.69, 9.17) is 11.6 Å². The first-order chi connectivity index (χ1) is 12.0. The van der Waals surface area contributed by atoms with Crippen LogP contribution in [0.4, 0.5) is 4.79 Å². The topological polar surface area (TPSA) is 55.4 Å². The molecule has 0 radical (unpaired) electrons. The van der Waals surface area contributed by atoms with Gasteiger partial charge in [-0.05, 0) is 42.5 Å². The molecule has 1 aliphatic carbocycles. The van der Waals surface area contributed by atoms with E-state index in [-0.39, 0.29) is 5.78 Å².